The van der Waals surface area contributed by atoms with E-state index in [1.807, 2.05) is 50.4 Å². The lowest BCUT2D eigenvalue weighted by atomic mass is 10.1. The van der Waals surface area contributed by atoms with Gasteiger partial charge in [0.05, 0.1) is 24.9 Å². The minimum Gasteiger partial charge on any atom is -0.490 e. The molecule has 33 heavy (non-hydrogen) atoms. The maximum Gasteiger partial charge on any atom is 0.263 e. The van der Waals surface area contributed by atoms with Crippen LogP contribution < -0.4 is 20.3 Å². The van der Waals surface area contributed by atoms with Crippen molar-refractivity contribution in [2.24, 2.45) is 0 Å². The summed E-state index contributed by atoms with van der Waals surface area (Å²) in [6, 6.07) is 13.2. The number of aryl methyl sites for hydroxylation is 1. The molecule has 0 aliphatic heterocycles. The molecule has 7 nitrogen and oxygen atoms in total. The average molecular weight is 464 g/mol. The van der Waals surface area contributed by atoms with Gasteiger partial charge in [-0.1, -0.05) is 29.8 Å². The highest BCUT2D eigenvalue weighted by atomic mass is 32.1. The molecule has 2 aromatic heterocycles. The Bertz CT molecular complexity index is 1340. The van der Waals surface area contributed by atoms with Crippen LogP contribution in [0.25, 0.3) is 21.3 Å². The number of aromatic nitrogens is 2. The van der Waals surface area contributed by atoms with Crippen molar-refractivity contribution in [1.82, 2.24) is 9.55 Å². The first kappa shape index (κ1) is 22.5. The highest BCUT2D eigenvalue weighted by Gasteiger charge is 2.15. The number of anilines is 1. The number of thiophene rings is 1. The van der Waals surface area contributed by atoms with Crippen LogP contribution in [0.15, 0.2) is 59.0 Å². The molecule has 4 rings (SSSR count). The zero-order chi connectivity index (χ0) is 23.4. The molecule has 8 heteroatoms. The third-order valence-electron chi connectivity index (χ3n) is 5.06. The largest absolute Gasteiger partial charge is 0.490 e. The van der Waals surface area contributed by atoms with Crippen molar-refractivity contribution in [2.75, 3.05) is 18.5 Å². The molecular formula is C25H25N3O4S. The summed E-state index contributed by atoms with van der Waals surface area (Å²) in [6.07, 6.45) is 1.42. The Balaban J connectivity index is 1.58. The first-order valence-corrected chi connectivity index (χ1v) is 11.6. The topological polar surface area (TPSA) is 82.5 Å². The molecule has 2 heterocycles. The number of nitrogens with zero attached hydrogens (tertiary/aromatic N) is 2. The molecule has 0 aliphatic carbocycles. The second-order valence-corrected chi connectivity index (χ2v) is 8.31. The van der Waals surface area contributed by atoms with E-state index in [0.717, 1.165) is 16.7 Å². The Kier molecular flexibility index (Phi) is 6.74. The van der Waals surface area contributed by atoms with Crippen molar-refractivity contribution in [1.29, 1.82) is 0 Å². The number of carbonyl (C=O) groups is 1. The number of rotatable bonds is 8. The van der Waals surface area contributed by atoms with Crippen LogP contribution in [-0.2, 0) is 11.3 Å². The predicted octanol–water partition coefficient (Wildman–Crippen LogP) is 4.87. The lowest BCUT2D eigenvalue weighted by molar-refractivity contribution is -0.116. The quantitative estimate of drug-likeness (QED) is 0.403. The Labute approximate surface area is 195 Å². The lowest BCUT2D eigenvalue weighted by Crippen LogP contribution is -2.27. The Morgan fingerprint density at radius 2 is 1.79 bits per heavy atom. The van der Waals surface area contributed by atoms with Crippen LogP contribution in [0.1, 0.15) is 19.4 Å². The maximum atomic E-state index is 13.2. The van der Waals surface area contributed by atoms with Gasteiger partial charge in [-0.15, -0.1) is 11.3 Å². The molecule has 0 bridgehead atoms. The van der Waals surface area contributed by atoms with E-state index in [-0.39, 0.29) is 18.0 Å². The summed E-state index contributed by atoms with van der Waals surface area (Å²) >= 11 is 1.42. The molecule has 0 unspecified atom stereocenters. The summed E-state index contributed by atoms with van der Waals surface area (Å²) in [7, 11) is 0. The van der Waals surface area contributed by atoms with E-state index in [0.29, 0.717) is 40.6 Å². The Morgan fingerprint density at radius 1 is 1.06 bits per heavy atom. The first-order valence-electron chi connectivity index (χ1n) is 10.7. The van der Waals surface area contributed by atoms with Crippen molar-refractivity contribution >= 4 is 33.1 Å². The monoisotopic (exact) mass is 463 g/mol. The highest BCUT2D eigenvalue weighted by Crippen LogP contribution is 2.32. The van der Waals surface area contributed by atoms with Gasteiger partial charge >= 0.3 is 0 Å². The van der Waals surface area contributed by atoms with Crippen LogP contribution in [0.5, 0.6) is 11.5 Å². The Hall–Kier alpha value is -3.65. The number of carbonyl (C=O) groups excluding carboxylic acids is 1. The molecule has 170 valence electrons. The molecule has 0 spiro atoms. The van der Waals surface area contributed by atoms with E-state index in [9.17, 15) is 9.59 Å². The smallest absolute Gasteiger partial charge is 0.263 e. The molecule has 0 saturated heterocycles. The molecule has 1 amide bonds. The normalized spacial score (nSPS) is 10.9. The highest BCUT2D eigenvalue weighted by molar-refractivity contribution is 7.17. The van der Waals surface area contributed by atoms with Crippen molar-refractivity contribution < 1.29 is 14.3 Å². The van der Waals surface area contributed by atoms with Gasteiger partial charge in [-0.05, 0) is 38.5 Å². The number of nitrogens with one attached hydrogen (secondary N) is 1. The van der Waals surface area contributed by atoms with Gasteiger partial charge in [0.15, 0.2) is 11.5 Å². The fourth-order valence-corrected chi connectivity index (χ4v) is 4.42. The van der Waals surface area contributed by atoms with E-state index in [1.54, 1.807) is 18.2 Å². The van der Waals surface area contributed by atoms with Gasteiger partial charge in [0.2, 0.25) is 5.91 Å². The van der Waals surface area contributed by atoms with Crippen molar-refractivity contribution in [3.05, 3.63) is 70.1 Å². The molecule has 0 aliphatic rings. The third-order valence-corrected chi connectivity index (χ3v) is 5.95. The molecule has 4 aromatic rings. The minimum absolute atomic E-state index is 0.151. The van der Waals surface area contributed by atoms with Gasteiger partial charge in [0.25, 0.3) is 5.56 Å². The van der Waals surface area contributed by atoms with Crippen LogP contribution in [0, 0.1) is 6.92 Å². The summed E-state index contributed by atoms with van der Waals surface area (Å²) in [5, 5.41) is 5.28. The van der Waals surface area contributed by atoms with Gasteiger partial charge in [-0.25, -0.2) is 4.98 Å². The zero-order valence-electron chi connectivity index (χ0n) is 18.8. The van der Waals surface area contributed by atoms with E-state index in [4.69, 9.17) is 9.47 Å². The first-order chi connectivity index (χ1) is 16.0. The van der Waals surface area contributed by atoms with Crippen molar-refractivity contribution in [3.63, 3.8) is 0 Å². The summed E-state index contributed by atoms with van der Waals surface area (Å²) in [5.41, 5.74) is 3.24. The van der Waals surface area contributed by atoms with E-state index in [1.165, 1.54) is 22.2 Å². The van der Waals surface area contributed by atoms with Gasteiger partial charge in [-0.2, -0.15) is 0 Å². The standard InChI is InChI=1S/C25H25N3O4S/c1-4-31-20-11-10-18(12-21(20)32-5-2)27-22(29)13-28-15-26-24-23(25(28)30)19(14-33-24)17-8-6-16(3)7-9-17/h6-12,14-15H,4-5,13H2,1-3H3,(H,27,29). The molecule has 0 atom stereocenters. The van der Waals surface area contributed by atoms with Gasteiger partial charge in [0, 0.05) is 22.7 Å². The van der Waals surface area contributed by atoms with Gasteiger partial charge in [-0.3, -0.25) is 14.2 Å². The lowest BCUT2D eigenvalue weighted by Gasteiger charge is -2.13. The van der Waals surface area contributed by atoms with Crippen molar-refractivity contribution in [2.45, 2.75) is 27.3 Å². The van der Waals surface area contributed by atoms with Crippen LogP contribution in [0.4, 0.5) is 5.69 Å². The summed E-state index contributed by atoms with van der Waals surface area (Å²) in [5.74, 6) is 0.833. The Morgan fingerprint density at radius 3 is 2.52 bits per heavy atom. The minimum atomic E-state index is -0.336. The molecular weight excluding hydrogens is 438 g/mol. The number of hydrogen-bond acceptors (Lipinski definition) is 6. The van der Waals surface area contributed by atoms with Crippen LogP contribution in [0.3, 0.4) is 0 Å². The summed E-state index contributed by atoms with van der Waals surface area (Å²) in [4.78, 5) is 31.0. The number of amides is 1. The van der Waals surface area contributed by atoms with Crippen molar-refractivity contribution in [3.8, 4) is 22.6 Å². The van der Waals surface area contributed by atoms with E-state index >= 15 is 0 Å². The second kappa shape index (κ2) is 9.87. The fourth-order valence-electron chi connectivity index (χ4n) is 3.51. The van der Waals surface area contributed by atoms with E-state index < -0.39 is 0 Å². The molecule has 0 fully saturated rings. The molecule has 0 saturated carbocycles. The summed E-state index contributed by atoms with van der Waals surface area (Å²) < 4.78 is 12.5. The van der Waals surface area contributed by atoms with Crippen LogP contribution in [-0.4, -0.2) is 28.7 Å². The molecule has 1 N–H and O–H groups in total. The second-order valence-electron chi connectivity index (χ2n) is 7.45. The maximum absolute atomic E-state index is 13.2. The number of benzene rings is 2. The molecule has 0 radical (unpaired) electrons. The average Bonchev–Trinajstić information content (AvgIpc) is 3.23. The van der Waals surface area contributed by atoms with Crippen LogP contribution >= 0.6 is 11.3 Å². The number of fused-ring (bicyclic) bond motifs is 1. The summed E-state index contributed by atoms with van der Waals surface area (Å²) in [6.45, 7) is 6.63. The van der Waals surface area contributed by atoms with Gasteiger partial charge in [0.1, 0.15) is 11.4 Å². The zero-order valence-corrected chi connectivity index (χ0v) is 19.6. The number of ether oxygens (including phenoxy) is 2. The van der Waals surface area contributed by atoms with E-state index in [2.05, 4.69) is 10.3 Å². The van der Waals surface area contributed by atoms with Gasteiger partial charge < -0.3 is 14.8 Å². The third kappa shape index (κ3) is 4.90. The SMILES string of the molecule is CCOc1ccc(NC(=O)Cn2cnc3scc(-c4ccc(C)cc4)c3c2=O)cc1OCC. The number of hydrogen-bond donors (Lipinski definition) is 1. The molecule has 2 aromatic carbocycles. The predicted molar refractivity (Wildman–Crippen MR) is 131 cm³/mol. The van der Waals surface area contributed by atoms with Crippen LogP contribution in [0.2, 0.25) is 0 Å². The fraction of sp³-hybridized carbons (Fsp3) is 0.240.